The number of morpholine rings is 1. The Morgan fingerprint density at radius 3 is 2.45 bits per heavy atom. The highest BCUT2D eigenvalue weighted by atomic mass is 32.2. The first-order valence-electron chi connectivity index (χ1n) is 9.06. The lowest BCUT2D eigenvalue weighted by molar-refractivity contribution is 0.0730. The number of H-pyrrole nitrogens is 1. The van der Waals surface area contributed by atoms with Crippen molar-refractivity contribution in [3.63, 3.8) is 0 Å². The molecule has 0 radical (unpaired) electrons. The van der Waals surface area contributed by atoms with Crippen molar-refractivity contribution in [3.05, 3.63) is 70.5 Å². The van der Waals surface area contributed by atoms with Crippen LogP contribution in [0.3, 0.4) is 0 Å². The van der Waals surface area contributed by atoms with Crippen molar-refractivity contribution < 1.29 is 17.9 Å². The topological polar surface area (TPSA) is 109 Å². The minimum absolute atomic E-state index is 0.0197. The number of benzene rings is 2. The number of hydrogen-bond donors (Lipinski definition) is 2. The van der Waals surface area contributed by atoms with Gasteiger partial charge in [-0.05, 0) is 36.4 Å². The highest BCUT2D eigenvalue weighted by Gasteiger charge is 2.26. The Labute approximate surface area is 167 Å². The maximum absolute atomic E-state index is 12.6. The van der Waals surface area contributed by atoms with Gasteiger partial charge in [0.05, 0.1) is 18.1 Å². The van der Waals surface area contributed by atoms with Crippen LogP contribution >= 0.6 is 0 Å². The summed E-state index contributed by atoms with van der Waals surface area (Å²) in [4.78, 5) is 28.2. The number of nitrogens with one attached hydrogen (secondary N) is 2. The van der Waals surface area contributed by atoms with E-state index in [0.717, 1.165) is 0 Å². The van der Waals surface area contributed by atoms with E-state index < -0.39 is 15.9 Å². The molecule has 0 atom stereocenters. The lowest BCUT2D eigenvalue weighted by atomic mass is 10.1. The number of fused-ring (bicyclic) bond motifs is 1. The lowest BCUT2D eigenvalue weighted by Crippen LogP contribution is -2.40. The quantitative estimate of drug-likeness (QED) is 0.678. The third-order valence-electron chi connectivity index (χ3n) is 4.75. The Morgan fingerprint density at radius 1 is 1.03 bits per heavy atom. The number of aromatic amines is 1. The zero-order chi connectivity index (χ0) is 20.4. The van der Waals surface area contributed by atoms with Crippen LogP contribution in [0.5, 0.6) is 0 Å². The Balaban J connectivity index is 1.54. The number of pyridine rings is 1. The van der Waals surface area contributed by atoms with Crippen molar-refractivity contribution in [3.8, 4) is 0 Å². The summed E-state index contributed by atoms with van der Waals surface area (Å²) in [5, 5.41) is 3.06. The van der Waals surface area contributed by atoms with Crippen LogP contribution in [0.4, 0.5) is 5.69 Å². The molecule has 29 heavy (non-hydrogen) atoms. The standard InChI is InChI=1S/C20H19N3O5S/c24-19-16-3-1-2-4-18(16)21-13-17(19)20(25)22-14-5-7-15(8-6-14)29(26,27)23-9-11-28-12-10-23/h1-8,13H,9-12H2,(H,21,24)(H,22,25). The van der Waals surface area contributed by atoms with Gasteiger partial charge in [0.15, 0.2) is 0 Å². The second-order valence-corrected chi connectivity index (χ2v) is 8.51. The fraction of sp³-hybridized carbons (Fsp3) is 0.200. The first kappa shape index (κ1) is 19.3. The van der Waals surface area contributed by atoms with E-state index in [9.17, 15) is 18.0 Å². The number of sulfonamides is 1. The molecule has 3 aromatic rings. The molecular formula is C20H19N3O5S. The molecule has 1 aliphatic heterocycles. The Kier molecular flexibility index (Phi) is 5.18. The molecule has 0 aliphatic carbocycles. The molecule has 2 heterocycles. The van der Waals surface area contributed by atoms with Crippen LogP contribution in [0.25, 0.3) is 10.9 Å². The van der Waals surface area contributed by atoms with Gasteiger partial charge < -0.3 is 15.0 Å². The Bertz CT molecular complexity index is 1210. The van der Waals surface area contributed by atoms with Gasteiger partial charge in [0, 0.05) is 35.9 Å². The van der Waals surface area contributed by atoms with Gasteiger partial charge in [0.1, 0.15) is 5.56 Å². The van der Waals surface area contributed by atoms with Crippen LogP contribution in [-0.2, 0) is 14.8 Å². The minimum Gasteiger partial charge on any atom is -0.379 e. The summed E-state index contributed by atoms with van der Waals surface area (Å²) in [6, 6.07) is 12.8. The van der Waals surface area contributed by atoms with Crippen molar-refractivity contribution in [1.82, 2.24) is 9.29 Å². The number of ether oxygens (including phenoxy) is 1. The average molecular weight is 413 g/mol. The largest absolute Gasteiger partial charge is 0.379 e. The zero-order valence-electron chi connectivity index (χ0n) is 15.4. The predicted octanol–water partition coefficient (Wildman–Crippen LogP) is 1.80. The van der Waals surface area contributed by atoms with Crippen molar-refractivity contribution in [2.45, 2.75) is 4.90 Å². The third kappa shape index (κ3) is 3.80. The number of aromatic nitrogens is 1. The molecule has 0 saturated carbocycles. The van der Waals surface area contributed by atoms with Crippen LogP contribution in [0, 0.1) is 0 Å². The number of para-hydroxylation sites is 1. The summed E-state index contributed by atoms with van der Waals surface area (Å²) >= 11 is 0. The predicted molar refractivity (Wildman–Crippen MR) is 109 cm³/mol. The Morgan fingerprint density at radius 2 is 1.72 bits per heavy atom. The molecule has 4 rings (SSSR count). The summed E-state index contributed by atoms with van der Waals surface area (Å²) in [7, 11) is -3.60. The van der Waals surface area contributed by atoms with Crippen molar-refractivity contribution >= 4 is 32.5 Å². The summed E-state index contributed by atoms with van der Waals surface area (Å²) in [5.41, 5.74) is 0.646. The van der Waals surface area contributed by atoms with Crippen LogP contribution in [0.15, 0.2) is 64.4 Å². The summed E-state index contributed by atoms with van der Waals surface area (Å²) in [5.74, 6) is -0.569. The molecule has 1 fully saturated rings. The molecule has 1 aliphatic rings. The molecule has 0 bridgehead atoms. The number of amides is 1. The molecule has 150 valence electrons. The molecule has 1 aromatic heterocycles. The van der Waals surface area contributed by atoms with Crippen molar-refractivity contribution in [2.75, 3.05) is 31.6 Å². The molecule has 9 heteroatoms. The molecule has 1 amide bonds. The zero-order valence-corrected chi connectivity index (χ0v) is 16.2. The summed E-state index contributed by atoms with van der Waals surface area (Å²) in [6.07, 6.45) is 1.37. The van der Waals surface area contributed by atoms with Crippen LogP contribution < -0.4 is 10.7 Å². The monoisotopic (exact) mass is 413 g/mol. The third-order valence-corrected chi connectivity index (χ3v) is 6.67. The molecule has 2 aromatic carbocycles. The van der Waals surface area contributed by atoms with E-state index >= 15 is 0 Å². The van der Waals surface area contributed by atoms with E-state index in [-0.39, 0.29) is 15.9 Å². The number of anilines is 1. The number of carbonyl (C=O) groups is 1. The van der Waals surface area contributed by atoms with E-state index in [2.05, 4.69) is 10.3 Å². The lowest BCUT2D eigenvalue weighted by Gasteiger charge is -2.26. The highest BCUT2D eigenvalue weighted by molar-refractivity contribution is 7.89. The van der Waals surface area contributed by atoms with Crippen LogP contribution in [-0.4, -0.2) is 49.9 Å². The van der Waals surface area contributed by atoms with Gasteiger partial charge in [-0.3, -0.25) is 9.59 Å². The summed E-state index contributed by atoms with van der Waals surface area (Å²) in [6.45, 7) is 1.36. The Hall–Kier alpha value is -3.01. The van der Waals surface area contributed by atoms with Gasteiger partial charge >= 0.3 is 0 Å². The van der Waals surface area contributed by atoms with Gasteiger partial charge in [-0.2, -0.15) is 4.31 Å². The van der Waals surface area contributed by atoms with E-state index in [1.54, 1.807) is 24.3 Å². The SMILES string of the molecule is O=C(Nc1ccc(S(=O)(=O)N2CCOCC2)cc1)c1c[nH]c2ccccc2c1=O. The fourth-order valence-electron chi connectivity index (χ4n) is 3.18. The van der Waals surface area contributed by atoms with Crippen LogP contribution in [0.1, 0.15) is 10.4 Å². The molecular weight excluding hydrogens is 394 g/mol. The summed E-state index contributed by atoms with van der Waals surface area (Å²) < 4.78 is 31.9. The van der Waals surface area contributed by atoms with Crippen LogP contribution in [0.2, 0.25) is 0 Å². The first-order valence-corrected chi connectivity index (χ1v) is 10.5. The van der Waals surface area contributed by atoms with E-state index in [0.29, 0.717) is 42.9 Å². The van der Waals surface area contributed by atoms with Gasteiger partial charge in [-0.15, -0.1) is 0 Å². The fourth-order valence-corrected chi connectivity index (χ4v) is 4.59. The van der Waals surface area contributed by atoms with E-state index in [4.69, 9.17) is 4.74 Å². The maximum Gasteiger partial charge on any atom is 0.261 e. The number of carbonyl (C=O) groups excluding carboxylic acids is 1. The van der Waals surface area contributed by atoms with Gasteiger partial charge in [-0.1, -0.05) is 12.1 Å². The molecule has 2 N–H and O–H groups in total. The second kappa shape index (κ2) is 7.78. The smallest absolute Gasteiger partial charge is 0.261 e. The minimum atomic E-state index is -3.60. The van der Waals surface area contributed by atoms with Crippen molar-refractivity contribution in [1.29, 1.82) is 0 Å². The van der Waals surface area contributed by atoms with Gasteiger partial charge in [0.2, 0.25) is 15.5 Å². The number of hydrogen-bond acceptors (Lipinski definition) is 5. The maximum atomic E-state index is 12.6. The first-order chi connectivity index (χ1) is 14.0. The molecule has 8 nitrogen and oxygen atoms in total. The highest BCUT2D eigenvalue weighted by Crippen LogP contribution is 2.20. The molecule has 0 spiro atoms. The van der Waals surface area contributed by atoms with E-state index in [1.807, 2.05) is 0 Å². The molecule has 1 saturated heterocycles. The molecule has 0 unspecified atom stereocenters. The van der Waals surface area contributed by atoms with Gasteiger partial charge in [-0.25, -0.2) is 8.42 Å². The van der Waals surface area contributed by atoms with E-state index in [1.165, 1.54) is 34.8 Å². The second-order valence-electron chi connectivity index (χ2n) is 6.57. The normalized spacial score (nSPS) is 15.3. The van der Waals surface area contributed by atoms with Crippen molar-refractivity contribution in [2.24, 2.45) is 0 Å². The van der Waals surface area contributed by atoms with Gasteiger partial charge in [0.25, 0.3) is 5.91 Å². The number of nitrogens with zero attached hydrogens (tertiary/aromatic N) is 1. The number of rotatable bonds is 4. The average Bonchev–Trinajstić information content (AvgIpc) is 2.75.